The smallest absolute Gasteiger partial charge is 0.360 e. The Morgan fingerprint density at radius 3 is 2.29 bits per heavy atom. The van der Waals surface area contributed by atoms with E-state index in [1.165, 1.54) is 7.05 Å². The summed E-state index contributed by atoms with van der Waals surface area (Å²) >= 11 is 0. The van der Waals surface area contributed by atoms with Gasteiger partial charge in [0.05, 0.1) is 5.69 Å². The maximum absolute atomic E-state index is 11.7. The molecule has 1 rings (SSSR count). The summed E-state index contributed by atoms with van der Waals surface area (Å²) in [6, 6.07) is 0. The second kappa shape index (κ2) is 4.77. The van der Waals surface area contributed by atoms with Gasteiger partial charge in [0.25, 0.3) is 0 Å². The lowest BCUT2D eigenvalue weighted by Crippen LogP contribution is -2.30. The Bertz CT molecular complexity index is 532. The van der Waals surface area contributed by atoms with Crippen LogP contribution in [0.1, 0.15) is 39.9 Å². The van der Waals surface area contributed by atoms with E-state index in [9.17, 15) is 14.4 Å². The number of aryl methyl sites for hydroxylation is 1. The number of aromatic nitrogens is 2. The van der Waals surface area contributed by atoms with Crippen LogP contribution in [0.5, 0.6) is 0 Å². The summed E-state index contributed by atoms with van der Waals surface area (Å²) in [6.45, 7) is 1.82. The average Bonchev–Trinajstić information content (AvgIpc) is 2.22. The number of nitrogens with zero attached hydrogens (tertiary/aromatic N) is 2. The third-order valence-electron chi connectivity index (χ3n) is 2.27. The molecule has 0 fully saturated rings. The summed E-state index contributed by atoms with van der Waals surface area (Å²) in [7, 11) is 1.42. The fourth-order valence-electron chi connectivity index (χ4n) is 1.55. The molecule has 0 atom stereocenters. The Kier molecular flexibility index (Phi) is 3.62. The number of carboxylic acids is 2. The minimum absolute atomic E-state index is 0.231. The van der Waals surface area contributed by atoms with E-state index in [4.69, 9.17) is 10.2 Å². The zero-order valence-electron chi connectivity index (χ0n) is 9.43. The van der Waals surface area contributed by atoms with Gasteiger partial charge >= 0.3 is 11.9 Å². The molecule has 1 aromatic heterocycles. The highest BCUT2D eigenvalue weighted by Crippen LogP contribution is 2.07. The third kappa shape index (κ3) is 2.32. The van der Waals surface area contributed by atoms with Crippen molar-refractivity contribution in [1.29, 1.82) is 0 Å². The molecule has 0 spiro atoms. The molecule has 0 radical (unpaired) electrons. The van der Waals surface area contributed by atoms with Crippen molar-refractivity contribution in [2.75, 3.05) is 0 Å². The lowest BCUT2D eigenvalue weighted by molar-refractivity contribution is 0.0684. The number of aromatic carboxylic acids is 2. The first-order chi connectivity index (χ1) is 7.90. The molecule has 7 nitrogen and oxygen atoms in total. The maximum Gasteiger partial charge on any atom is 0.360 e. The van der Waals surface area contributed by atoms with Crippen LogP contribution in [-0.4, -0.2) is 31.9 Å². The van der Waals surface area contributed by atoms with Crippen molar-refractivity contribution in [3.63, 3.8) is 0 Å². The molecular weight excluding hydrogens is 228 g/mol. The molecule has 0 amide bonds. The molecule has 1 aromatic rings. The number of hydrogen-bond acceptors (Lipinski definition) is 4. The predicted octanol–water partition coefficient (Wildman–Crippen LogP) is 0.129. The van der Waals surface area contributed by atoms with Crippen molar-refractivity contribution in [1.82, 2.24) is 9.78 Å². The minimum Gasteiger partial charge on any atom is -0.477 e. The Morgan fingerprint density at radius 2 is 1.88 bits per heavy atom. The first-order valence-electron chi connectivity index (χ1n) is 4.96. The summed E-state index contributed by atoms with van der Waals surface area (Å²) in [5.74, 6) is -2.96. The van der Waals surface area contributed by atoms with Crippen molar-refractivity contribution >= 4 is 11.9 Å². The third-order valence-corrected chi connectivity index (χ3v) is 2.27. The quantitative estimate of drug-likeness (QED) is 0.774. The zero-order valence-corrected chi connectivity index (χ0v) is 9.43. The van der Waals surface area contributed by atoms with Crippen molar-refractivity contribution in [3.8, 4) is 0 Å². The molecule has 0 saturated carbocycles. The Labute approximate surface area is 96.3 Å². The zero-order chi connectivity index (χ0) is 13.2. The van der Waals surface area contributed by atoms with E-state index >= 15 is 0 Å². The summed E-state index contributed by atoms with van der Waals surface area (Å²) in [6.07, 6.45) is 0.974. The van der Waals surface area contributed by atoms with E-state index in [1.54, 1.807) is 0 Å². The van der Waals surface area contributed by atoms with Crippen LogP contribution in [0.3, 0.4) is 0 Å². The molecule has 0 unspecified atom stereocenters. The summed E-state index contributed by atoms with van der Waals surface area (Å²) in [4.78, 5) is 33.4. The van der Waals surface area contributed by atoms with Crippen LogP contribution < -0.4 is 5.43 Å². The Morgan fingerprint density at radius 1 is 1.29 bits per heavy atom. The first kappa shape index (κ1) is 12.9. The topological polar surface area (TPSA) is 109 Å². The molecule has 0 aromatic carbocycles. The molecular formula is C10H12N2O5. The monoisotopic (exact) mass is 240 g/mol. The molecule has 17 heavy (non-hydrogen) atoms. The molecule has 92 valence electrons. The Balaban J connectivity index is 3.65. The van der Waals surface area contributed by atoms with Gasteiger partial charge in [0, 0.05) is 7.05 Å². The number of carbonyl (C=O) groups is 2. The normalized spacial score (nSPS) is 10.2. The van der Waals surface area contributed by atoms with Gasteiger partial charge in [-0.2, -0.15) is 5.10 Å². The number of carboxylic acid groups (broad SMARTS) is 2. The van der Waals surface area contributed by atoms with E-state index in [-0.39, 0.29) is 5.69 Å². The van der Waals surface area contributed by atoms with E-state index in [2.05, 4.69) is 5.10 Å². The molecule has 0 aliphatic carbocycles. The second-order valence-electron chi connectivity index (χ2n) is 3.48. The van der Waals surface area contributed by atoms with Crippen LogP contribution >= 0.6 is 0 Å². The van der Waals surface area contributed by atoms with Gasteiger partial charge in [-0.1, -0.05) is 13.3 Å². The van der Waals surface area contributed by atoms with Gasteiger partial charge in [0.1, 0.15) is 5.56 Å². The highest BCUT2D eigenvalue weighted by molar-refractivity contribution is 5.92. The second-order valence-corrected chi connectivity index (χ2v) is 3.48. The van der Waals surface area contributed by atoms with Gasteiger partial charge in [0.15, 0.2) is 0 Å². The highest BCUT2D eigenvalue weighted by atomic mass is 16.4. The van der Waals surface area contributed by atoms with Crippen molar-refractivity contribution in [3.05, 3.63) is 27.2 Å². The molecule has 7 heteroatoms. The fraction of sp³-hybridized carbons (Fsp3) is 0.400. The van der Waals surface area contributed by atoms with Crippen LogP contribution in [0.2, 0.25) is 0 Å². The highest BCUT2D eigenvalue weighted by Gasteiger charge is 2.23. The SMILES string of the molecule is CCCc1c(C(=O)O)c(=O)c(C(=O)O)nn1C. The Hall–Kier alpha value is -2.18. The van der Waals surface area contributed by atoms with Gasteiger partial charge in [-0.15, -0.1) is 0 Å². The standard InChI is InChI=1S/C10H12N2O5/c1-3-4-5-6(9(14)15)8(13)7(10(16)17)11-12(5)2/h3-4H2,1-2H3,(H,14,15)(H,16,17). The van der Waals surface area contributed by atoms with Crippen LogP contribution in [0.4, 0.5) is 0 Å². The number of rotatable bonds is 4. The lowest BCUT2D eigenvalue weighted by Gasteiger charge is -2.10. The molecule has 0 aliphatic heterocycles. The number of hydrogen-bond donors (Lipinski definition) is 2. The fourth-order valence-corrected chi connectivity index (χ4v) is 1.55. The predicted molar refractivity (Wildman–Crippen MR) is 57.4 cm³/mol. The van der Waals surface area contributed by atoms with E-state index in [1.807, 2.05) is 6.92 Å². The summed E-state index contributed by atoms with van der Waals surface area (Å²) in [5, 5.41) is 21.3. The minimum atomic E-state index is -1.53. The average molecular weight is 240 g/mol. The van der Waals surface area contributed by atoms with Crippen LogP contribution in [0.15, 0.2) is 4.79 Å². The van der Waals surface area contributed by atoms with Crippen molar-refractivity contribution in [2.24, 2.45) is 7.05 Å². The van der Waals surface area contributed by atoms with Crippen molar-refractivity contribution in [2.45, 2.75) is 19.8 Å². The van der Waals surface area contributed by atoms with E-state index in [0.717, 1.165) is 4.68 Å². The summed E-state index contributed by atoms with van der Waals surface area (Å²) in [5.41, 5.74) is -2.10. The largest absolute Gasteiger partial charge is 0.477 e. The van der Waals surface area contributed by atoms with Crippen LogP contribution in [0, 0.1) is 0 Å². The van der Waals surface area contributed by atoms with Crippen molar-refractivity contribution < 1.29 is 19.8 Å². The summed E-state index contributed by atoms with van der Waals surface area (Å²) < 4.78 is 1.14. The lowest BCUT2D eigenvalue weighted by atomic mass is 10.1. The molecule has 0 aliphatic rings. The van der Waals surface area contributed by atoms with Gasteiger partial charge in [-0.3, -0.25) is 9.48 Å². The van der Waals surface area contributed by atoms with Gasteiger partial charge in [0.2, 0.25) is 11.1 Å². The first-order valence-corrected chi connectivity index (χ1v) is 4.96. The molecule has 2 N–H and O–H groups in total. The van der Waals surface area contributed by atoms with Crippen LogP contribution in [-0.2, 0) is 13.5 Å². The van der Waals surface area contributed by atoms with Gasteiger partial charge in [-0.05, 0) is 6.42 Å². The van der Waals surface area contributed by atoms with E-state index < -0.39 is 28.6 Å². The molecule has 0 bridgehead atoms. The molecule has 0 saturated heterocycles. The van der Waals surface area contributed by atoms with E-state index in [0.29, 0.717) is 12.8 Å². The maximum atomic E-state index is 11.7. The van der Waals surface area contributed by atoms with Gasteiger partial charge < -0.3 is 10.2 Å². The van der Waals surface area contributed by atoms with Gasteiger partial charge in [-0.25, -0.2) is 9.59 Å². The molecule has 1 heterocycles. The van der Waals surface area contributed by atoms with Crippen LogP contribution in [0.25, 0.3) is 0 Å².